The molecule has 2 aromatic heterocycles. The average molecular weight is 375 g/mol. The van der Waals surface area contributed by atoms with E-state index in [0.717, 1.165) is 29.2 Å². The summed E-state index contributed by atoms with van der Waals surface area (Å²) in [6, 6.07) is 5.66. The highest BCUT2D eigenvalue weighted by molar-refractivity contribution is 7.14. The van der Waals surface area contributed by atoms with Gasteiger partial charge in [0.05, 0.1) is 23.2 Å². The van der Waals surface area contributed by atoms with Crippen molar-refractivity contribution < 1.29 is 9.59 Å². The number of nitrogens with zero attached hydrogens (tertiary/aromatic N) is 3. The summed E-state index contributed by atoms with van der Waals surface area (Å²) in [5.41, 5.74) is 2.07. The molecule has 0 aromatic carbocycles. The van der Waals surface area contributed by atoms with Crippen LogP contribution < -0.4 is 10.6 Å². The molecule has 1 aliphatic heterocycles. The van der Waals surface area contributed by atoms with Crippen LogP contribution in [-0.4, -0.2) is 46.3 Å². The Balaban J connectivity index is 1.46. The predicted molar refractivity (Wildman–Crippen MR) is 102 cm³/mol. The highest BCUT2D eigenvalue weighted by Crippen LogP contribution is 2.20. The van der Waals surface area contributed by atoms with Crippen molar-refractivity contribution in [2.24, 2.45) is 5.92 Å². The first kappa shape index (κ1) is 18.4. The zero-order chi connectivity index (χ0) is 18.5. The summed E-state index contributed by atoms with van der Waals surface area (Å²) >= 11 is 1.49. The second-order valence-corrected chi connectivity index (χ2v) is 7.58. The van der Waals surface area contributed by atoms with E-state index in [1.807, 2.05) is 42.1 Å². The van der Waals surface area contributed by atoms with Gasteiger partial charge in [0.15, 0.2) is 0 Å². The number of urea groups is 1. The highest BCUT2D eigenvalue weighted by atomic mass is 32.1. The largest absolute Gasteiger partial charge is 0.354 e. The quantitative estimate of drug-likeness (QED) is 0.843. The van der Waals surface area contributed by atoms with Crippen LogP contribution in [0.4, 0.5) is 9.80 Å². The van der Waals surface area contributed by atoms with Gasteiger partial charge in [-0.2, -0.15) is 5.10 Å². The maximum absolute atomic E-state index is 12.5. The van der Waals surface area contributed by atoms with Gasteiger partial charge in [0, 0.05) is 25.3 Å². The highest BCUT2D eigenvalue weighted by Gasteiger charge is 2.28. The third kappa shape index (κ3) is 4.63. The first-order valence-corrected chi connectivity index (χ1v) is 9.79. The zero-order valence-corrected chi connectivity index (χ0v) is 16.0. The Labute approximate surface area is 157 Å². The molecule has 0 spiro atoms. The Hall–Kier alpha value is -2.35. The van der Waals surface area contributed by atoms with Gasteiger partial charge in [-0.1, -0.05) is 0 Å². The molecule has 2 aromatic rings. The second-order valence-electron chi connectivity index (χ2n) is 6.63. The van der Waals surface area contributed by atoms with Gasteiger partial charge in [-0.15, -0.1) is 11.3 Å². The van der Waals surface area contributed by atoms with Gasteiger partial charge in [-0.05, 0) is 50.3 Å². The van der Waals surface area contributed by atoms with Gasteiger partial charge in [0.25, 0.3) is 0 Å². The molecule has 1 atom stereocenters. The van der Waals surface area contributed by atoms with E-state index in [1.54, 1.807) is 4.90 Å². The lowest BCUT2D eigenvalue weighted by Gasteiger charge is -2.31. The third-order valence-electron chi connectivity index (χ3n) is 4.56. The summed E-state index contributed by atoms with van der Waals surface area (Å²) in [6.07, 6.45) is 1.65. The number of amides is 3. The molecule has 7 nitrogen and oxygen atoms in total. The van der Waals surface area contributed by atoms with E-state index in [-0.39, 0.29) is 17.9 Å². The average Bonchev–Trinajstić information content (AvgIpc) is 3.24. The van der Waals surface area contributed by atoms with Crippen molar-refractivity contribution in [2.75, 3.05) is 25.0 Å². The normalized spacial score (nSPS) is 17.2. The van der Waals surface area contributed by atoms with Gasteiger partial charge >= 0.3 is 6.03 Å². The van der Waals surface area contributed by atoms with Crippen LogP contribution in [0, 0.1) is 19.8 Å². The minimum absolute atomic E-state index is 0.0140. The summed E-state index contributed by atoms with van der Waals surface area (Å²) in [5, 5.41) is 13.0. The van der Waals surface area contributed by atoms with Crippen molar-refractivity contribution in [1.82, 2.24) is 20.0 Å². The van der Waals surface area contributed by atoms with Crippen LogP contribution in [-0.2, 0) is 11.3 Å². The molecule has 1 saturated heterocycles. The van der Waals surface area contributed by atoms with Gasteiger partial charge in [-0.3, -0.25) is 14.8 Å². The maximum atomic E-state index is 12.5. The van der Waals surface area contributed by atoms with E-state index in [1.165, 1.54) is 11.3 Å². The van der Waals surface area contributed by atoms with Crippen molar-refractivity contribution in [3.8, 4) is 0 Å². The van der Waals surface area contributed by atoms with Crippen molar-refractivity contribution in [1.29, 1.82) is 0 Å². The molecule has 0 aliphatic carbocycles. The van der Waals surface area contributed by atoms with Gasteiger partial charge in [-0.25, -0.2) is 4.79 Å². The molecule has 1 aliphatic rings. The van der Waals surface area contributed by atoms with E-state index < -0.39 is 0 Å². The number of likely N-dealkylation sites (tertiary alicyclic amines) is 1. The van der Waals surface area contributed by atoms with Crippen LogP contribution in [0.1, 0.15) is 24.2 Å². The molecule has 140 valence electrons. The first-order valence-electron chi connectivity index (χ1n) is 8.91. The molecule has 8 heteroatoms. The standard InChI is InChI=1S/C18H25N5O2S/c1-13-11-14(2)23(21-13)9-7-19-17(24)15-5-3-8-22(12-15)18(25)20-16-6-4-10-26-16/h4,6,10-11,15H,3,5,7-9,12H2,1-2H3,(H,19,24)(H,20,25). The number of anilines is 1. The summed E-state index contributed by atoms with van der Waals surface area (Å²) in [5.74, 6) is -0.140. The Morgan fingerprint density at radius 3 is 2.92 bits per heavy atom. The number of hydrogen-bond acceptors (Lipinski definition) is 4. The zero-order valence-electron chi connectivity index (χ0n) is 15.2. The molecule has 3 heterocycles. The fourth-order valence-corrected chi connectivity index (χ4v) is 3.85. The molecule has 0 bridgehead atoms. The lowest BCUT2D eigenvalue weighted by Crippen LogP contribution is -2.47. The minimum atomic E-state index is -0.154. The number of aromatic nitrogens is 2. The van der Waals surface area contributed by atoms with Crippen molar-refractivity contribution in [3.63, 3.8) is 0 Å². The van der Waals surface area contributed by atoms with Crippen LogP contribution >= 0.6 is 11.3 Å². The predicted octanol–water partition coefficient (Wildman–Crippen LogP) is 2.62. The number of piperidine rings is 1. The molecule has 1 fully saturated rings. The lowest BCUT2D eigenvalue weighted by atomic mass is 9.97. The smallest absolute Gasteiger partial charge is 0.322 e. The monoisotopic (exact) mass is 375 g/mol. The number of carbonyl (C=O) groups is 2. The molecule has 3 amide bonds. The van der Waals surface area contributed by atoms with Crippen molar-refractivity contribution >= 4 is 28.3 Å². The molecule has 3 rings (SSSR count). The molecular formula is C18H25N5O2S. The van der Waals surface area contributed by atoms with Crippen molar-refractivity contribution in [2.45, 2.75) is 33.2 Å². The molecule has 0 saturated carbocycles. The summed E-state index contributed by atoms with van der Waals surface area (Å²) in [7, 11) is 0. The maximum Gasteiger partial charge on any atom is 0.322 e. The van der Waals surface area contributed by atoms with Crippen LogP contribution in [0.15, 0.2) is 23.6 Å². The summed E-state index contributed by atoms with van der Waals surface area (Å²) in [6.45, 7) is 6.31. The Morgan fingerprint density at radius 2 is 2.23 bits per heavy atom. The minimum Gasteiger partial charge on any atom is -0.354 e. The summed E-state index contributed by atoms with van der Waals surface area (Å²) < 4.78 is 1.90. The van der Waals surface area contributed by atoms with E-state index in [2.05, 4.69) is 15.7 Å². The van der Waals surface area contributed by atoms with Crippen LogP contribution in [0.2, 0.25) is 0 Å². The van der Waals surface area contributed by atoms with Crippen molar-refractivity contribution in [3.05, 3.63) is 35.0 Å². The molecule has 1 unspecified atom stereocenters. The fourth-order valence-electron chi connectivity index (χ4n) is 3.24. The van der Waals surface area contributed by atoms with Crippen LogP contribution in [0.5, 0.6) is 0 Å². The van der Waals surface area contributed by atoms with Gasteiger partial charge < -0.3 is 10.2 Å². The van der Waals surface area contributed by atoms with E-state index in [9.17, 15) is 9.59 Å². The Kier molecular flexibility index (Phi) is 5.92. The number of nitrogens with one attached hydrogen (secondary N) is 2. The SMILES string of the molecule is Cc1cc(C)n(CCNC(=O)C2CCCN(C(=O)Nc3cccs3)C2)n1. The van der Waals surface area contributed by atoms with E-state index in [0.29, 0.717) is 26.2 Å². The number of aryl methyl sites for hydroxylation is 2. The first-order chi connectivity index (χ1) is 12.5. The van der Waals surface area contributed by atoms with E-state index >= 15 is 0 Å². The Morgan fingerprint density at radius 1 is 1.38 bits per heavy atom. The third-order valence-corrected chi connectivity index (χ3v) is 5.34. The number of rotatable bonds is 5. The molecular weight excluding hydrogens is 350 g/mol. The molecule has 2 N–H and O–H groups in total. The van der Waals surface area contributed by atoms with E-state index in [4.69, 9.17) is 0 Å². The van der Waals surface area contributed by atoms with Gasteiger partial charge in [0.2, 0.25) is 5.91 Å². The van der Waals surface area contributed by atoms with Crippen LogP contribution in [0.25, 0.3) is 0 Å². The lowest BCUT2D eigenvalue weighted by molar-refractivity contribution is -0.126. The topological polar surface area (TPSA) is 79.3 Å². The second kappa shape index (κ2) is 8.35. The number of hydrogen-bond donors (Lipinski definition) is 2. The summed E-state index contributed by atoms with van der Waals surface area (Å²) in [4.78, 5) is 26.5. The molecule has 0 radical (unpaired) electrons. The number of thiophene rings is 1. The molecule has 26 heavy (non-hydrogen) atoms. The number of carbonyl (C=O) groups excluding carboxylic acids is 2. The Bertz CT molecular complexity index is 756. The fraction of sp³-hybridized carbons (Fsp3) is 0.500. The van der Waals surface area contributed by atoms with Crippen LogP contribution in [0.3, 0.4) is 0 Å². The van der Waals surface area contributed by atoms with Gasteiger partial charge in [0.1, 0.15) is 0 Å².